The summed E-state index contributed by atoms with van der Waals surface area (Å²) in [5.41, 5.74) is 2.26. The summed E-state index contributed by atoms with van der Waals surface area (Å²) >= 11 is 3.51. The van der Waals surface area contributed by atoms with E-state index in [1.807, 2.05) is 44.5 Å². The minimum absolute atomic E-state index is 0.0287. The molecule has 0 bridgehead atoms. The van der Waals surface area contributed by atoms with Gasteiger partial charge in [-0.3, -0.25) is 14.3 Å². The smallest absolute Gasteiger partial charge is 0.410 e. The molecule has 3 heterocycles. The lowest BCUT2D eigenvalue weighted by atomic mass is 9.95. The average Bonchev–Trinajstić information content (AvgIpc) is 3.38. The Hall–Kier alpha value is -3.01. The van der Waals surface area contributed by atoms with Crippen molar-refractivity contribution in [3.63, 3.8) is 0 Å². The summed E-state index contributed by atoms with van der Waals surface area (Å²) in [5, 5.41) is 8.16. The number of nitrogens with zero attached hydrogens (tertiary/aromatic N) is 4. The molecule has 2 atom stereocenters. The molecule has 1 N–H and O–H groups in total. The van der Waals surface area contributed by atoms with Crippen LogP contribution in [0.4, 0.5) is 4.79 Å². The lowest BCUT2D eigenvalue weighted by molar-refractivity contribution is -0.120. The lowest BCUT2D eigenvalue weighted by Crippen LogP contribution is -2.35. The van der Waals surface area contributed by atoms with Gasteiger partial charge in [-0.2, -0.15) is 5.10 Å². The standard InChI is InChI=1S/C25H30BrN5O4/c1-14-8-15(2)29-23(33)19(14)11-27-22(32)18-9-16(26)10-21-20(18)12-28-31(21)17-6-7-30(13-17)24(34)35-25(3,4)5/h8-10,12,17,19H,6-7,11,13H2,1-5H3,(H,27,32). The van der Waals surface area contributed by atoms with Gasteiger partial charge in [-0.05, 0) is 59.2 Å². The maximum atomic E-state index is 13.1. The van der Waals surface area contributed by atoms with Gasteiger partial charge in [0.1, 0.15) is 5.60 Å². The number of likely N-dealkylation sites (tertiary alicyclic amines) is 1. The Labute approximate surface area is 212 Å². The van der Waals surface area contributed by atoms with Crippen molar-refractivity contribution >= 4 is 50.5 Å². The molecule has 0 spiro atoms. The summed E-state index contributed by atoms with van der Waals surface area (Å²) in [7, 11) is 0. The van der Waals surface area contributed by atoms with E-state index < -0.39 is 11.5 Å². The van der Waals surface area contributed by atoms with Crippen LogP contribution in [0.2, 0.25) is 0 Å². The Bertz CT molecular complexity index is 1260. The van der Waals surface area contributed by atoms with Gasteiger partial charge in [-0.25, -0.2) is 9.79 Å². The van der Waals surface area contributed by atoms with Crippen LogP contribution in [0.1, 0.15) is 57.4 Å². The number of carbonyl (C=O) groups is 3. The van der Waals surface area contributed by atoms with E-state index in [0.29, 0.717) is 29.8 Å². The largest absolute Gasteiger partial charge is 0.444 e. The molecule has 9 nitrogen and oxygen atoms in total. The fourth-order valence-corrected chi connectivity index (χ4v) is 4.92. The Morgan fingerprint density at radius 3 is 2.69 bits per heavy atom. The molecule has 0 aliphatic carbocycles. The molecule has 1 fully saturated rings. The summed E-state index contributed by atoms with van der Waals surface area (Å²) in [6.45, 7) is 10.4. The summed E-state index contributed by atoms with van der Waals surface area (Å²) in [4.78, 5) is 43.6. The number of fused-ring (bicyclic) bond motifs is 1. The molecule has 2 aromatic rings. The number of dihydropyridines is 1. The van der Waals surface area contributed by atoms with Crippen LogP contribution in [-0.4, -0.2) is 63.5 Å². The van der Waals surface area contributed by atoms with Crippen molar-refractivity contribution in [3.8, 4) is 0 Å². The third-order valence-electron chi connectivity index (χ3n) is 6.12. The summed E-state index contributed by atoms with van der Waals surface area (Å²) in [6, 6.07) is 3.64. The number of allylic oxidation sites excluding steroid dienone is 1. The molecular formula is C25H30BrN5O4. The fraction of sp³-hybridized carbons (Fsp3) is 0.480. The second-order valence-electron chi connectivity index (χ2n) is 10.1. The van der Waals surface area contributed by atoms with Gasteiger partial charge in [0.25, 0.3) is 11.8 Å². The zero-order valence-corrected chi connectivity index (χ0v) is 22.2. The Kier molecular flexibility index (Phi) is 6.86. The van der Waals surface area contributed by atoms with Crippen molar-refractivity contribution in [2.45, 2.75) is 52.7 Å². The summed E-state index contributed by atoms with van der Waals surface area (Å²) in [5.74, 6) is -0.999. The molecule has 2 aliphatic heterocycles. The van der Waals surface area contributed by atoms with Gasteiger partial charge in [0.15, 0.2) is 0 Å². The van der Waals surface area contributed by atoms with Crippen molar-refractivity contribution < 1.29 is 19.1 Å². The van der Waals surface area contributed by atoms with E-state index in [0.717, 1.165) is 22.0 Å². The molecule has 0 saturated carbocycles. The van der Waals surface area contributed by atoms with E-state index in [1.54, 1.807) is 24.1 Å². The van der Waals surface area contributed by atoms with Gasteiger partial charge in [0.2, 0.25) is 0 Å². The van der Waals surface area contributed by atoms with Gasteiger partial charge in [0.05, 0.1) is 29.2 Å². The normalized spacial score (nSPS) is 20.6. The third-order valence-corrected chi connectivity index (χ3v) is 6.58. The van der Waals surface area contributed by atoms with Crippen LogP contribution in [0.15, 0.2) is 39.4 Å². The molecule has 2 unspecified atom stereocenters. The second-order valence-corrected chi connectivity index (χ2v) is 11.0. The lowest BCUT2D eigenvalue weighted by Gasteiger charge is -2.24. The van der Waals surface area contributed by atoms with Crippen LogP contribution >= 0.6 is 15.9 Å². The van der Waals surface area contributed by atoms with Crippen LogP contribution in [-0.2, 0) is 9.53 Å². The SMILES string of the molecule is CC1=CC(C)=NC(=O)C1CNC(=O)c1cc(Br)cc2c1cnn2C1CCN(C(=O)OC(C)(C)C)C1. The molecule has 4 rings (SSSR count). The van der Waals surface area contributed by atoms with Crippen LogP contribution in [0.3, 0.4) is 0 Å². The first-order valence-corrected chi connectivity index (χ1v) is 12.4. The minimum Gasteiger partial charge on any atom is -0.444 e. The van der Waals surface area contributed by atoms with Gasteiger partial charge in [-0.15, -0.1) is 0 Å². The number of benzene rings is 1. The maximum absolute atomic E-state index is 13.1. The van der Waals surface area contributed by atoms with Crippen molar-refractivity contribution in [1.82, 2.24) is 20.0 Å². The second kappa shape index (κ2) is 9.56. The van der Waals surface area contributed by atoms with Crippen molar-refractivity contribution in [2.24, 2.45) is 10.9 Å². The number of hydrogen-bond acceptors (Lipinski definition) is 5. The highest BCUT2D eigenvalue weighted by molar-refractivity contribution is 9.10. The van der Waals surface area contributed by atoms with Crippen LogP contribution < -0.4 is 5.32 Å². The molecule has 186 valence electrons. The van der Waals surface area contributed by atoms with Crippen LogP contribution in [0, 0.1) is 5.92 Å². The van der Waals surface area contributed by atoms with E-state index >= 15 is 0 Å². The van der Waals surface area contributed by atoms with Gasteiger partial charge in [0, 0.05) is 35.2 Å². The quantitative estimate of drug-likeness (QED) is 0.619. The Morgan fingerprint density at radius 2 is 2.00 bits per heavy atom. The molecule has 10 heteroatoms. The van der Waals surface area contributed by atoms with Crippen molar-refractivity contribution in [1.29, 1.82) is 0 Å². The van der Waals surface area contributed by atoms with Crippen molar-refractivity contribution in [2.75, 3.05) is 19.6 Å². The number of halogens is 1. The van der Waals surface area contributed by atoms with Gasteiger partial charge < -0.3 is 15.0 Å². The van der Waals surface area contributed by atoms with E-state index in [4.69, 9.17) is 4.74 Å². The van der Waals surface area contributed by atoms with E-state index in [-0.39, 0.29) is 30.5 Å². The zero-order valence-electron chi connectivity index (χ0n) is 20.6. The number of aliphatic imine (C=N–C) groups is 1. The minimum atomic E-state index is -0.553. The number of carbonyl (C=O) groups excluding carboxylic acids is 3. The number of rotatable bonds is 4. The van der Waals surface area contributed by atoms with Crippen molar-refractivity contribution in [3.05, 3.63) is 40.0 Å². The number of aromatic nitrogens is 2. The predicted octanol–water partition coefficient (Wildman–Crippen LogP) is 4.27. The van der Waals surface area contributed by atoms with E-state index in [1.165, 1.54) is 0 Å². The number of ether oxygens (including phenoxy) is 1. The molecule has 3 amide bonds. The number of nitrogens with one attached hydrogen (secondary N) is 1. The first kappa shape index (κ1) is 25.1. The van der Waals surface area contributed by atoms with Gasteiger partial charge >= 0.3 is 6.09 Å². The first-order valence-electron chi connectivity index (χ1n) is 11.6. The highest BCUT2D eigenvalue weighted by Gasteiger charge is 2.32. The third kappa shape index (κ3) is 5.47. The van der Waals surface area contributed by atoms with Crippen LogP contribution in [0.5, 0.6) is 0 Å². The molecular weight excluding hydrogens is 514 g/mol. The average molecular weight is 544 g/mol. The van der Waals surface area contributed by atoms with E-state index in [9.17, 15) is 14.4 Å². The van der Waals surface area contributed by atoms with Crippen LogP contribution in [0.25, 0.3) is 10.9 Å². The topological polar surface area (TPSA) is 106 Å². The molecule has 1 aromatic carbocycles. The molecule has 2 aliphatic rings. The summed E-state index contributed by atoms with van der Waals surface area (Å²) in [6.07, 6.45) is 3.94. The monoisotopic (exact) mass is 543 g/mol. The highest BCUT2D eigenvalue weighted by Crippen LogP contribution is 2.30. The zero-order chi connectivity index (χ0) is 25.5. The molecule has 0 radical (unpaired) electrons. The molecule has 35 heavy (non-hydrogen) atoms. The highest BCUT2D eigenvalue weighted by atomic mass is 79.9. The number of amides is 3. The van der Waals surface area contributed by atoms with Gasteiger partial charge in [-0.1, -0.05) is 21.5 Å². The Balaban J connectivity index is 1.51. The number of hydrogen-bond donors (Lipinski definition) is 1. The Morgan fingerprint density at radius 1 is 1.26 bits per heavy atom. The summed E-state index contributed by atoms with van der Waals surface area (Å²) < 4.78 is 8.11. The maximum Gasteiger partial charge on any atom is 0.410 e. The first-order chi connectivity index (χ1) is 16.4. The molecule has 1 saturated heterocycles. The predicted molar refractivity (Wildman–Crippen MR) is 137 cm³/mol. The van der Waals surface area contributed by atoms with E-state index in [2.05, 4.69) is 31.3 Å². The molecule has 1 aromatic heterocycles. The fourth-order valence-electron chi connectivity index (χ4n) is 4.47.